The van der Waals surface area contributed by atoms with Gasteiger partial charge in [-0.3, -0.25) is 14.9 Å². The molecule has 1 N–H and O–H groups in total. The molecule has 76 valence electrons. The first-order chi connectivity index (χ1) is 7.19. The van der Waals surface area contributed by atoms with E-state index < -0.39 is 11.5 Å². The van der Waals surface area contributed by atoms with E-state index in [0.717, 1.165) is 0 Å². The minimum absolute atomic E-state index is 0.158. The molecule has 0 amide bonds. The normalized spacial score (nSPS) is 8.87. The molecule has 15 heavy (non-hydrogen) atoms. The van der Waals surface area contributed by atoms with Gasteiger partial charge in [-0.05, 0) is 18.1 Å². The summed E-state index contributed by atoms with van der Waals surface area (Å²) in [4.78, 5) is 19.9. The average molecular weight is 205 g/mol. The number of nitro benzene ring substituents is 1. The predicted octanol–water partition coefficient (Wildman–Crippen LogP) is 0.637. The molecule has 0 aliphatic rings. The van der Waals surface area contributed by atoms with Gasteiger partial charge in [-0.15, -0.1) is 0 Å². The Hall–Kier alpha value is -2.19. The zero-order chi connectivity index (χ0) is 11.3. The molecule has 0 radical (unpaired) electrons. The molecule has 0 saturated heterocycles. The molecule has 1 rings (SSSR count). The summed E-state index contributed by atoms with van der Waals surface area (Å²) in [6.45, 7) is -0.438. The number of aliphatic hydroxyl groups excluding tert-OH is 1. The lowest BCUT2D eigenvalue weighted by atomic mass is 10.1. The number of hydrogen-bond donors (Lipinski definition) is 1. The van der Waals surface area contributed by atoms with Crippen LogP contribution in [-0.2, 0) is 11.4 Å². The molecular formula is C10H7NO4. The second-order valence-electron chi connectivity index (χ2n) is 2.65. The maximum absolute atomic E-state index is 10.5. The van der Waals surface area contributed by atoms with Crippen LogP contribution in [0.3, 0.4) is 0 Å². The summed E-state index contributed by atoms with van der Waals surface area (Å²) in [5, 5.41) is 19.4. The zero-order valence-electron chi connectivity index (χ0n) is 7.64. The predicted molar refractivity (Wildman–Crippen MR) is 52.0 cm³/mol. The summed E-state index contributed by atoms with van der Waals surface area (Å²) in [7, 11) is 0. The Bertz CT molecular complexity index is 456. The molecule has 1 aromatic carbocycles. The van der Waals surface area contributed by atoms with Crippen LogP contribution >= 0.6 is 0 Å². The monoisotopic (exact) mass is 205 g/mol. The molecule has 0 bridgehead atoms. The van der Waals surface area contributed by atoms with Crippen molar-refractivity contribution in [3.05, 3.63) is 39.4 Å². The van der Waals surface area contributed by atoms with E-state index >= 15 is 0 Å². The van der Waals surface area contributed by atoms with Crippen LogP contribution in [-0.4, -0.2) is 16.3 Å². The lowest BCUT2D eigenvalue weighted by Gasteiger charge is -1.99. The summed E-state index contributed by atoms with van der Waals surface area (Å²) in [5.41, 5.74) is 0.476. The summed E-state index contributed by atoms with van der Waals surface area (Å²) >= 11 is 0. The van der Waals surface area contributed by atoms with Crippen LogP contribution in [0.1, 0.15) is 11.1 Å². The van der Waals surface area contributed by atoms with E-state index in [2.05, 4.69) is 11.8 Å². The minimum atomic E-state index is -0.581. The van der Waals surface area contributed by atoms with Crippen molar-refractivity contribution in [2.45, 2.75) is 6.61 Å². The van der Waals surface area contributed by atoms with Crippen molar-refractivity contribution < 1.29 is 14.8 Å². The second-order valence-corrected chi connectivity index (χ2v) is 2.65. The molecule has 0 aliphatic carbocycles. The Balaban J connectivity index is 3.18. The largest absolute Gasteiger partial charge is 0.391 e. The zero-order valence-corrected chi connectivity index (χ0v) is 7.64. The molecular weight excluding hydrogens is 198 g/mol. The fourth-order valence-corrected chi connectivity index (χ4v) is 1.08. The number of carbonyl (C=O) groups excluding carboxylic acids is 1. The molecule has 0 heterocycles. The lowest BCUT2D eigenvalue weighted by molar-refractivity contribution is -0.385. The van der Waals surface area contributed by atoms with Gasteiger partial charge in [-0.25, -0.2) is 0 Å². The number of aliphatic hydroxyl groups is 1. The van der Waals surface area contributed by atoms with Gasteiger partial charge in [0.05, 0.1) is 17.1 Å². The van der Waals surface area contributed by atoms with E-state index in [1.54, 1.807) is 0 Å². The molecule has 1 aromatic rings. The molecule has 0 fully saturated rings. The van der Waals surface area contributed by atoms with Crippen molar-refractivity contribution in [2.75, 3.05) is 0 Å². The third-order valence-corrected chi connectivity index (χ3v) is 1.72. The Morgan fingerprint density at radius 1 is 1.53 bits per heavy atom. The Morgan fingerprint density at radius 3 is 2.80 bits per heavy atom. The van der Waals surface area contributed by atoms with Crippen LogP contribution in [0.2, 0.25) is 0 Å². The van der Waals surface area contributed by atoms with Crippen LogP contribution in [0, 0.1) is 22.0 Å². The highest BCUT2D eigenvalue weighted by Crippen LogP contribution is 2.19. The number of rotatable bonds is 2. The standard InChI is InChI=1S/C10H7NO4/c12-5-1-2-8-3-4-10(11(14)15)9(6-8)7-13/h3-6,13H,7H2. The molecule has 0 unspecified atom stereocenters. The van der Waals surface area contributed by atoms with Crippen molar-refractivity contribution >= 4 is 12.0 Å². The van der Waals surface area contributed by atoms with Crippen LogP contribution in [0.25, 0.3) is 0 Å². The van der Waals surface area contributed by atoms with Gasteiger partial charge in [0.15, 0.2) is 6.29 Å². The number of nitro groups is 1. The van der Waals surface area contributed by atoms with Gasteiger partial charge in [-0.1, -0.05) is 5.92 Å². The molecule has 0 spiro atoms. The average Bonchev–Trinajstić information content (AvgIpc) is 2.25. The fourth-order valence-electron chi connectivity index (χ4n) is 1.08. The smallest absolute Gasteiger partial charge is 0.274 e. The maximum atomic E-state index is 10.5. The summed E-state index contributed by atoms with van der Waals surface area (Å²) in [5.74, 6) is 4.67. The Kier molecular flexibility index (Phi) is 3.55. The van der Waals surface area contributed by atoms with Crippen LogP contribution in [0.4, 0.5) is 5.69 Å². The van der Waals surface area contributed by atoms with Gasteiger partial charge in [0.25, 0.3) is 5.69 Å². The fraction of sp³-hybridized carbons (Fsp3) is 0.100. The third-order valence-electron chi connectivity index (χ3n) is 1.72. The highest BCUT2D eigenvalue weighted by atomic mass is 16.6. The van der Waals surface area contributed by atoms with E-state index in [1.807, 2.05) is 0 Å². The van der Waals surface area contributed by atoms with Crippen molar-refractivity contribution in [3.63, 3.8) is 0 Å². The van der Waals surface area contributed by atoms with Crippen molar-refractivity contribution in [2.24, 2.45) is 0 Å². The van der Waals surface area contributed by atoms with Gasteiger partial charge in [-0.2, -0.15) is 0 Å². The molecule has 0 atom stereocenters. The first kappa shape index (κ1) is 10.9. The SMILES string of the molecule is O=CC#Cc1ccc([N+](=O)[O-])c(CO)c1. The molecule has 5 nitrogen and oxygen atoms in total. The van der Waals surface area contributed by atoms with Gasteiger partial charge in [0.2, 0.25) is 0 Å². The highest BCUT2D eigenvalue weighted by molar-refractivity contribution is 5.74. The van der Waals surface area contributed by atoms with E-state index in [1.165, 1.54) is 18.2 Å². The summed E-state index contributed by atoms with van der Waals surface area (Å²) in [6, 6.07) is 4.06. The third kappa shape index (κ3) is 2.62. The second kappa shape index (κ2) is 4.88. The topological polar surface area (TPSA) is 80.4 Å². The highest BCUT2D eigenvalue weighted by Gasteiger charge is 2.12. The van der Waals surface area contributed by atoms with E-state index in [-0.39, 0.29) is 11.3 Å². The summed E-state index contributed by atoms with van der Waals surface area (Å²) < 4.78 is 0. The Labute approximate surface area is 85.5 Å². The first-order valence-corrected chi connectivity index (χ1v) is 4.02. The minimum Gasteiger partial charge on any atom is -0.391 e. The first-order valence-electron chi connectivity index (χ1n) is 4.02. The number of carbonyl (C=O) groups is 1. The van der Waals surface area contributed by atoms with Crippen LogP contribution in [0.15, 0.2) is 18.2 Å². The van der Waals surface area contributed by atoms with Gasteiger partial charge < -0.3 is 5.11 Å². The molecule has 0 saturated carbocycles. The molecule has 0 aromatic heterocycles. The van der Waals surface area contributed by atoms with Gasteiger partial charge in [0, 0.05) is 11.6 Å². The quantitative estimate of drug-likeness (QED) is 0.332. The number of aldehydes is 1. The van der Waals surface area contributed by atoms with Crippen molar-refractivity contribution in [1.29, 1.82) is 0 Å². The van der Waals surface area contributed by atoms with Crippen LogP contribution < -0.4 is 0 Å². The van der Waals surface area contributed by atoms with Crippen LogP contribution in [0.5, 0.6) is 0 Å². The van der Waals surface area contributed by atoms with Crippen molar-refractivity contribution in [1.82, 2.24) is 0 Å². The molecule has 0 aliphatic heterocycles. The van der Waals surface area contributed by atoms with E-state index in [9.17, 15) is 14.9 Å². The van der Waals surface area contributed by atoms with E-state index in [0.29, 0.717) is 11.8 Å². The van der Waals surface area contributed by atoms with Gasteiger partial charge in [0.1, 0.15) is 0 Å². The van der Waals surface area contributed by atoms with Crippen molar-refractivity contribution in [3.8, 4) is 11.8 Å². The maximum Gasteiger partial charge on any atom is 0.274 e. The number of benzene rings is 1. The van der Waals surface area contributed by atoms with Gasteiger partial charge >= 0.3 is 0 Å². The molecule has 5 heteroatoms. The Morgan fingerprint density at radius 2 is 2.27 bits per heavy atom. The lowest BCUT2D eigenvalue weighted by Crippen LogP contribution is -1.95. The summed E-state index contributed by atoms with van der Waals surface area (Å²) in [6.07, 6.45) is 0.431. The number of nitrogens with zero attached hydrogens (tertiary/aromatic N) is 1. The van der Waals surface area contributed by atoms with E-state index in [4.69, 9.17) is 5.11 Å². The number of hydrogen-bond acceptors (Lipinski definition) is 4.